The normalized spacial score (nSPS) is 13.1. The lowest BCUT2D eigenvalue weighted by Gasteiger charge is -2.15. The predicted octanol–water partition coefficient (Wildman–Crippen LogP) is 5.05. The van der Waals surface area contributed by atoms with Crippen LogP contribution >= 0.6 is 0 Å². The Morgan fingerprint density at radius 1 is 1.11 bits per heavy atom. The molecule has 0 aliphatic rings. The number of ether oxygens (including phenoxy) is 1. The van der Waals surface area contributed by atoms with E-state index in [1.54, 1.807) is 6.07 Å². The zero-order chi connectivity index (χ0) is 19.8. The largest absolute Gasteiger partial charge is 0.481 e. The molecule has 144 valence electrons. The molecule has 3 heterocycles. The topological polar surface area (TPSA) is 52.8 Å². The third-order valence-electron chi connectivity index (χ3n) is 4.64. The van der Waals surface area contributed by atoms with E-state index in [-0.39, 0.29) is 17.5 Å². The molecule has 0 N–H and O–H groups in total. The van der Waals surface area contributed by atoms with E-state index in [0.29, 0.717) is 23.1 Å². The standard InChI is InChI=1S/C19H21F3N4O/c1-5-11(3)26-14(6-2)24-16-12(9-10-23-18(16)26)13-7-8-15(27-4)25-17(13)19(20,21)22/h7-11H,5-6H2,1-4H3. The number of alkyl halides is 3. The Labute approximate surface area is 155 Å². The van der Waals surface area contributed by atoms with Crippen LogP contribution in [0.4, 0.5) is 13.2 Å². The number of imidazole rings is 1. The first kappa shape index (κ1) is 19.1. The molecule has 0 aliphatic heterocycles. The summed E-state index contributed by atoms with van der Waals surface area (Å²) in [5.41, 5.74) is 0.367. The van der Waals surface area contributed by atoms with Gasteiger partial charge in [-0.2, -0.15) is 13.2 Å². The average Bonchev–Trinajstić information content (AvgIpc) is 3.04. The second-order valence-electron chi connectivity index (χ2n) is 6.29. The summed E-state index contributed by atoms with van der Waals surface area (Å²) in [5.74, 6) is 0.713. The van der Waals surface area contributed by atoms with Gasteiger partial charge in [0.15, 0.2) is 11.3 Å². The molecule has 0 bridgehead atoms. The summed E-state index contributed by atoms with van der Waals surface area (Å²) < 4.78 is 47.7. The van der Waals surface area contributed by atoms with Gasteiger partial charge >= 0.3 is 6.18 Å². The second-order valence-corrected chi connectivity index (χ2v) is 6.29. The molecule has 3 rings (SSSR count). The number of methoxy groups -OCH3 is 1. The lowest BCUT2D eigenvalue weighted by atomic mass is 10.0. The van der Waals surface area contributed by atoms with Gasteiger partial charge in [-0.25, -0.2) is 15.0 Å². The van der Waals surface area contributed by atoms with Gasteiger partial charge in [-0.1, -0.05) is 13.8 Å². The van der Waals surface area contributed by atoms with Crippen molar-refractivity contribution in [2.75, 3.05) is 7.11 Å². The van der Waals surface area contributed by atoms with Crippen molar-refractivity contribution in [2.24, 2.45) is 0 Å². The number of rotatable bonds is 5. The molecule has 0 spiro atoms. The van der Waals surface area contributed by atoms with Crippen molar-refractivity contribution in [3.63, 3.8) is 0 Å². The van der Waals surface area contributed by atoms with Crippen molar-refractivity contribution in [1.29, 1.82) is 0 Å². The van der Waals surface area contributed by atoms with Gasteiger partial charge < -0.3 is 9.30 Å². The number of fused-ring (bicyclic) bond motifs is 1. The van der Waals surface area contributed by atoms with Crippen LogP contribution in [0.5, 0.6) is 5.88 Å². The third-order valence-corrected chi connectivity index (χ3v) is 4.64. The highest BCUT2D eigenvalue weighted by molar-refractivity contribution is 5.91. The third kappa shape index (κ3) is 3.36. The van der Waals surface area contributed by atoms with Crippen molar-refractivity contribution in [3.8, 4) is 17.0 Å². The van der Waals surface area contributed by atoms with E-state index in [9.17, 15) is 13.2 Å². The van der Waals surface area contributed by atoms with Crippen LogP contribution in [0.25, 0.3) is 22.3 Å². The summed E-state index contributed by atoms with van der Waals surface area (Å²) in [6, 6.07) is 4.48. The Kier molecular flexibility index (Phi) is 5.08. The van der Waals surface area contributed by atoms with Crippen LogP contribution in [0, 0.1) is 0 Å². The van der Waals surface area contributed by atoms with Gasteiger partial charge in [0.05, 0.1) is 7.11 Å². The Balaban J connectivity index is 2.32. The molecule has 5 nitrogen and oxygen atoms in total. The molecule has 1 unspecified atom stereocenters. The van der Waals surface area contributed by atoms with E-state index in [1.165, 1.54) is 25.4 Å². The van der Waals surface area contributed by atoms with Crippen molar-refractivity contribution in [2.45, 2.75) is 45.8 Å². The van der Waals surface area contributed by atoms with Gasteiger partial charge in [0, 0.05) is 35.9 Å². The summed E-state index contributed by atoms with van der Waals surface area (Å²) >= 11 is 0. The lowest BCUT2D eigenvalue weighted by Crippen LogP contribution is -2.11. The van der Waals surface area contributed by atoms with Gasteiger partial charge in [0.1, 0.15) is 11.3 Å². The molecule has 3 aromatic rings. The lowest BCUT2D eigenvalue weighted by molar-refractivity contribution is -0.140. The van der Waals surface area contributed by atoms with Crippen molar-refractivity contribution >= 4 is 11.2 Å². The van der Waals surface area contributed by atoms with E-state index in [4.69, 9.17) is 4.74 Å². The maximum atomic E-state index is 13.6. The van der Waals surface area contributed by atoms with Crippen molar-refractivity contribution in [3.05, 3.63) is 35.9 Å². The fourth-order valence-corrected chi connectivity index (χ4v) is 3.14. The number of hydrogen-bond donors (Lipinski definition) is 0. The highest BCUT2D eigenvalue weighted by Crippen LogP contribution is 2.39. The van der Waals surface area contributed by atoms with E-state index >= 15 is 0 Å². The summed E-state index contributed by atoms with van der Waals surface area (Å²) in [5, 5.41) is 0. The van der Waals surface area contributed by atoms with Gasteiger partial charge in [0.25, 0.3) is 0 Å². The molecule has 0 amide bonds. The number of hydrogen-bond acceptors (Lipinski definition) is 4. The first-order valence-electron chi connectivity index (χ1n) is 8.80. The number of nitrogens with zero attached hydrogens (tertiary/aromatic N) is 4. The maximum absolute atomic E-state index is 13.6. The van der Waals surface area contributed by atoms with Gasteiger partial charge in [-0.05, 0) is 25.5 Å². The Bertz CT molecular complexity index is 965. The summed E-state index contributed by atoms with van der Waals surface area (Å²) in [7, 11) is 1.29. The molecular weight excluding hydrogens is 357 g/mol. The van der Waals surface area contributed by atoms with Gasteiger partial charge in [-0.15, -0.1) is 0 Å². The van der Waals surface area contributed by atoms with E-state index in [1.807, 2.05) is 18.4 Å². The molecular formula is C19H21F3N4O. The number of halogens is 3. The molecule has 1 atom stereocenters. The first-order valence-corrected chi connectivity index (χ1v) is 8.80. The predicted molar refractivity (Wildman–Crippen MR) is 96.7 cm³/mol. The Morgan fingerprint density at radius 3 is 2.44 bits per heavy atom. The number of aryl methyl sites for hydroxylation is 1. The highest BCUT2D eigenvalue weighted by atomic mass is 19.4. The minimum absolute atomic E-state index is 0.0350. The summed E-state index contributed by atoms with van der Waals surface area (Å²) in [6.07, 6.45) is -1.58. The highest BCUT2D eigenvalue weighted by Gasteiger charge is 2.37. The summed E-state index contributed by atoms with van der Waals surface area (Å²) in [6.45, 7) is 6.06. The fraction of sp³-hybridized carbons (Fsp3) is 0.421. The molecule has 0 aromatic carbocycles. The minimum Gasteiger partial charge on any atom is -0.481 e. The zero-order valence-electron chi connectivity index (χ0n) is 15.6. The molecule has 8 heteroatoms. The quantitative estimate of drug-likeness (QED) is 0.623. The van der Waals surface area contributed by atoms with Crippen molar-refractivity contribution < 1.29 is 17.9 Å². The van der Waals surface area contributed by atoms with Crippen LogP contribution in [0.3, 0.4) is 0 Å². The molecule has 0 aliphatic carbocycles. The van der Waals surface area contributed by atoms with Crippen LogP contribution in [-0.2, 0) is 12.6 Å². The Morgan fingerprint density at radius 2 is 1.85 bits per heavy atom. The maximum Gasteiger partial charge on any atom is 0.434 e. The molecule has 0 fully saturated rings. The molecule has 3 aromatic heterocycles. The Hall–Kier alpha value is -2.64. The monoisotopic (exact) mass is 378 g/mol. The first-order chi connectivity index (χ1) is 12.8. The average molecular weight is 378 g/mol. The van der Waals surface area contributed by atoms with Gasteiger partial charge in [0.2, 0.25) is 5.88 Å². The SMILES string of the molecule is CCc1nc2c(-c3ccc(OC)nc3C(F)(F)F)ccnc2n1C(C)CC. The van der Waals surface area contributed by atoms with Crippen LogP contribution in [0.15, 0.2) is 24.4 Å². The number of aromatic nitrogens is 4. The van der Waals surface area contributed by atoms with E-state index < -0.39 is 11.9 Å². The minimum atomic E-state index is -4.62. The molecule has 0 radical (unpaired) electrons. The van der Waals surface area contributed by atoms with Crippen LogP contribution in [0.2, 0.25) is 0 Å². The van der Waals surface area contributed by atoms with E-state index in [2.05, 4.69) is 21.9 Å². The van der Waals surface area contributed by atoms with E-state index in [0.717, 1.165) is 12.2 Å². The van der Waals surface area contributed by atoms with Crippen LogP contribution < -0.4 is 4.74 Å². The fourth-order valence-electron chi connectivity index (χ4n) is 3.14. The number of pyridine rings is 2. The molecule has 27 heavy (non-hydrogen) atoms. The molecule has 0 saturated carbocycles. The smallest absolute Gasteiger partial charge is 0.434 e. The van der Waals surface area contributed by atoms with Crippen LogP contribution in [-0.4, -0.2) is 26.6 Å². The van der Waals surface area contributed by atoms with Gasteiger partial charge in [-0.3, -0.25) is 0 Å². The summed E-state index contributed by atoms with van der Waals surface area (Å²) in [4.78, 5) is 12.7. The molecule has 0 saturated heterocycles. The zero-order valence-corrected chi connectivity index (χ0v) is 15.6. The second kappa shape index (κ2) is 7.17. The van der Waals surface area contributed by atoms with Crippen molar-refractivity contribution in [1.82, 2.24) is 19.5 Å². The van der Waals surface area contributed by atoms with Crippen LogP contribution in [0.1, 0.15) is 44.8 Å².